The summed E-state index contributed by atoms with van der Waals surface area (Å²) in [7, 11) is 0. The second kappa shape index (κ2) is 7.47. The summed E-state index contributed by atoms with van der Waals surface area (Å²) in [5, 5.41) is 19.3. The summed E-state index contributed by atoms with van der Waals surface area (Å²) in [6.45, 7) is 4.94. The molecular formula is C18H26N4O4. The number of aromatic nitrogens is 2. The van der Waals surface area contributed by atoms with Crippen LogP contribution in [0.3, 0.4) is 0 Å². The van der Waals surface area contributed by atoms with Crippen LogP contribution < -0.4 is 10.6 Å². The number of carbonyl (C=O) groups is 3. The third-order valence-electron chi connectivity index (χ3n) is 5.60. The minimum Gasteiger partial charge on any atom is -0.481 e. The van der Waals surface area contributed by atoms with Crippen molar-refractivity contribution in [3.8, 4) is 0 Å². The molecular weight excluding hydrogens is 336 g/mol. The van der Waals surface area contributed by atoms with Gasteiger partial charge in [-0.05, 0) is 44.4 Å². The number of hydrogen-bond acceptors (Lipinski definition) is 4. The van der Waals surface area contributed by atoms with Crippen molar-refractivity contribution in [3.63, 3.8) is 0 Å². The summed E-state index contributed by atoms with van der Waals surface area (Å²) in [6.07, 6.45) is 5.00. The molecule has 0 aromatic carbocycles. The first-order valence-corrected chi connectivity index (χ1v) is 9.35. The predicted molar refractivity (Wildman–Crippen MR) is 94.6 cm³/mol. The number of anilines is 1. The summed E-state index contributed by atoms with van der Waals surface area (Å²) in [4.78, 5) is 36.8. The zero-order chi connectivity index (χ0) is 18.8. The molecule has 8 heteroatoms. The van der Waals surface area contributed by atoms with Crippen molar-refractivity contribution < 1.29 is 19.5 Å². The van der Waals surface area contributed by atoms with Crippen molar-refractivity contribution in [2.75, 3.05) is 11.9 Å². The van der Waals surface area contributed by atoms with Crippen molar-refractivity contribution >= 4 is 23.5 Å². The Kier molecular flexibility index (Phi) is 5.29. The smallest absolute Gasteiger partial charge is 0.307 e. The number of hydrogen-bond donors (Lipinski definition) is 3. The van der Waals surface area contributed by atoms with Crippen LogP contribution in [0.4, 0.5) is 5.69 Å². The highest BCUT2D eigenvalue weighted by atomic mass is 16.4. The fourth-order valence-electron chi connectivity index (χ4n) is 4.40. The summed E-state index contributed by atoms with van der Waals surface area (Å²) >= 11 is 0. The third-order valence-corrected chi connectivity index (χ3v) is 5.60. The fraction of sp³-hybridized carbons (Fsp3) is 0.667. The van der Waals surface area contributed by atoms with Crippen molar-refractivity contribution in [1.29, 1.82) is 0 Å². The Morgan fingerprint density at radius 2 is 1.92 bits per heavy atom. The van der Waals surface area contributed by atoms with E-state index in [0.29, 0.717) is 18.8 Å². The number of aryl methyl sites for hydroxylation is 1. The number of carboxylic acid groups (broad SMARTS) is 1. The maximum atomic E-state index is 12.9. The van der Waals surface area contributed by atoms with E-state index in [4.69, 9.17) is 0 Å². The normalized spacial score (nSPS) is 26.7. The van der Waals surface area contributed by atoms with Gasteiger partial charge in [0, 0.05) is 19.3 Å². The predicted octanol–water partition coefficient (Wildman–Crippen LogP) is 1.73. The molecule has 2 amide bonds. The van der Waals surface area contributed by atoms with Crippen molar-refractivity contribution in [2.45, 2.75) is 46.1 Å². The lowest BCUT2D eigenvalue weighted by molar-refractivity contribution is -0.148. The van der Waals surface area contributed by atoms with E-state index in [-0.39, 0.29) is 29.3 Å². The zero-order valence-electron chi connectivity index (χ0n) is 15.2. The van der Waals surface area contributed by atoms with Crippen LogP contribution >= 0.6 is 0 Å². The van der Waals surface area contributed by atoms with Crippen LogP contribution in [-0.2, 0) is 16.1 Å². The number of aliphatic carboxylic acids is 1. The molecule has 26 heavy (non-hydrogen) atoms. The lowest BCUT2D eigenvalue weighted by Gasteiger charge is -2.26. The molecule has 3 rings (SSSR count). The average Bonchev–Trinajstić information content (AvgIpc) is 3.32. The SMILES string of the molecule is CCCNC(=O)c1nn(CC)cc1NC(=O)[C@H]1[C@@H]2CC[C@@H](C2)[C@@H]1C(=O)O. The standard InChI is InChI=1S/C18H26N4O4/c1-3-7-19-17(24)15-12(9-22(4-2)21-15)20-16(23)13-10-5-6-11(8-10)14(13)18(25)26/h9-11,13-14H,3-8H2,1-2H3,(H,19,24)(H,20,23)(H,25,26)/t10-,11+,13+,14+/m1/s1. The number of nitrogens with one attached hydrogen (secondary N) is 2. The Hall–Kier alpha value is -2.38. The van der Waals surface area contributed by atoms with Crippen LogP contribution in [0.2, 0.25) is 0 Å². The molecule has 8 nitrogen and oxygen atoms in total. The maximum Gasteiger partial charge on any atom is 0.307 e. The van der Waals surface area contributed by atoms with Gasteiger partial charge in [-0.15, -0.1) is 0 Å². The van der Waals surface area contributed by atoms with Gasteiger partial charge in [0.25, 0.3) is 5.91 Å². The summed E-state index contributed by atoms with van der Waals surface area (Å²) in [5.41, 5.74) is 0.515. The summed E-state index contributed by atoms with van der Waals surface area (Å²) in [5.74, 6) is -2.53. The Labute approximate surface area is 152 Å². The molecule has 1 aromatic heterocycles. The molecule has 1 heterocycles. The minimum absolute atomic E-state index is 0.0824. The highest BCUT2D eigenvalue weighted by molar-refractivity contribution is 6.03. The van der Waals surface area contributed by atoms with Gasteiger partial charge in [-0.25, -0.2) is 0 Å². The van der Waals surface area contributed by atoms with Crippen LogP contribution in [-0.4, -0.2) is 39.2 Å². The maximum absolute atomic E-state index is 12.9. The number of carbonyl (C=O) groups excluding carboxylic acids is 2. The van der Waals surface area contributed by atoms with E-state index in [1.165, 1.54) is 0 Å². The molecule has 1 aromatic rings. The first kappa shape index (κ1) is 18.4. The second-order valence-corrected chi connectivity index (χ2v) is 7.22. The van der Waals surface area contributed by atoms with Gasteiger partial charge in [-0.2, -0.15) is 5.10 Å². The van der Waals surface area contributed by atoms with E-state index in [1.54, 1.807) is 10.9 Å². The van der Waals surface area contributed by atoms with Crippen LogP contribution in [0, 0.1) is 23.7 Å². The highest BCUT2D eigenvalue weighted by Gasteiger charge is 2.54. The van der Waals surface area contributed by atoms with Gasteiger partial charge in [0.05, 0.1) is 17.5 Å². The number of rotatable bonds is 7. The molecule has 4 atom stereocenters. The van der Waals surface area contributed by atoms with Crippen LogP contribution in [0.15, 0.2) is 6.20 Å². The van der Waals surface area contributed by atoms with Crippen molar-refractivity contribution in [1.82, 2.24) is 15.1 Å². The first-order chi connectivity index (χ1) is 12.5. The van der Waals surface area contributed by atoms with Crippen LogP contribution in [0.1, 0.15) is 50.0 Å². The first-order valence-electron chi connectivity index (χ1n) is 9.35. The average molecular weight is 362 g/mol. The molecule has 0 radical (unpaired) electrons. The molecule has 142 valence electrons. The van der Waals surface area contributed by atoms with Gasteiger partial charge >= 0.3 is 5.97 Å². The Morgan fingerprint density at radius 1 is 1.23 bits per heavy atom. The zero-order valence-corrected chi connectivity index (χ0v) is 15.2. The largest absolute Gasteiger partial charge is 0.481 e. The van der Waals surface area contributed by atoms with Gasteiger partial charge in [0.15, 0.2) is 5.69 Å². The van der Waals surface area contributed by atoms with Gasteiger partial charge < -0.3 is 15.7 Å². The van der Waals surface area contributed by atoms with Crippen LogP contribution in [0.5, 0.6) is 0 Å². The van der Waals surface area contributed by atoms with E-state index < -0.39 is 17.8 Å². The lowest BCUT2D eigenvalue weighted by atomic mass is 9.78. The molecule has 0 spiro atoms. The number of fused-ring (bicyclic) bond motifs is 2. The second-order valence-electron chi connectivity index (χ2n) is 7.22. The number of nitrogens with zero attached hydrogens (tertiary/aromatic N) is 2. The van der Waals surface area contributed by atoms with Crippen molar-refractivity contribution in [2.24, 2.45) is 23.7 Å². The van der Waals surface area contributed by atoms with Gasteiger partial charge in [-0.1, -0.05) is 6.92 Å². The lowest BCUT2D eigenvalue weighted by Crippen LogP contribution is -2.38. The minimum atomic E-state index is -0.900. The van der Waals surface area contributed by atoms with Crippen molar-refractivity contribution in [3.05, 3.63) is 11.9 Å². The third kappa shape index (κ3) is 3.32. The van der Waals surface area contributed by atoms with Gasteiger partial charge in [0.2, 0.25) is 5.91 Å². The molecule has 0 aliphatic heterocycles. The number of carboxylic acids is 1. The molecule has 2 bridgehead atoms. The van der Waals surface area contributed by atoms with E-state index in [1.807, 2.05) is 13.8 Å². The number of amides is 2. The molecule has 2 aliphatic carbocycles. The van der Waals surface area contributed by atoms with E-state index in [0.717, 1.165) is 25.7 Å². The highest BCUT2D eigenvalue weighted by Crippen LogP contribution is 2.52. The molecule has 2 aliphatic rings. The molecule has 2 fully saturated rings. The molecule has 3 N–H and O–H groups in total. The molecule has 0 unspecified atom stereocenters. The Bertz CT molecular complexity index is 714. The Morgan fingerprint density at radius 3 is 2.54 bits per heavy atom. The molecule has 0 saturated heterocycles. The quantitative estimate of drug-likeness (QED) is 0.683. The summed E-state index contributed by atoms with van der Waals surface area (Å²) < 4.78 is 1.59. The van der Waals surface area contributed by atoms with E-state index in [9.17, 15) is 19.5 Å². The van der Waals surface area contributed by atoms with Crippen LogP contribution in [0.25, 0.3) is 0 Å². The Balaban J connectivity index is 1.79. The van der Waals surface area contributed by atoms with Gasteiger partial charge in [0.1, 0.15) is 0 Å². The fourth-order valence-corrected chi connectivity index (χ4v) is 4.40. The van der Waals surface area contributed by atoms with E-state index >= 15 is 0 Å². The van der Waals surface area contributed by atoms with E-state index in [2.05, 4.69) is 15.7 Å². The van der Waals surface area contributed by atoms with Gasteiger partial charge in [-0.3, -0.25) is 19.1 Å². The topological polar surface area (TPSA) is 113 Å². The monoisotopic (exact) mass is 362 g/mol. The summed E-state index contributed by atoms with van der Waals surface area (Å²) in [6, 6.07) is 0. The molecule has 2 saturated carbocycles.